The fourth-order valence-electron chi connectivity index (χ4n) is 2.61. The molecule has 4 heteroatoms. The summed E-state index contributed by atoms with van der Waals surface area (Å²) in [6, 6.07) is 8.56. The van der Waals surface area contributed by atoms with Crippen molar-refractivity contribution < 1.29 is 0 Å². The van der Waals surface area contributed by atoms with Crippen molar-refractivity contribution in [3.8, 4) is 0 Å². The molecule has 0 aliphatic heterocycles. The van der Waals surface area contributed by atoms with Gasteiger partial charge in [-0.1, -0.05) is 19.1 Å². The van der Waals surface area contributed by atoms with Crippen LogP contribution >= 0.6 is 0 Å². The summed E-state index contributed by atoms with van der Waals surface area (Å²) < 4.78 is 2.17. The Bertz CT molecular complexity index is 568. The zero-order valence-corrected chi connectivity index (χ0v) is 11.0. The first-order chi connectivity index (χ1) is 8.64. The number of nitrogens with one attached hydrogen (secondary N) is 1. The number of rotatable bonds is 4. The Morgan fingerprint density at radius 1 is 1.44 bits per heavy atom. The van der Waals surface area contributed by atoms with E-state index in [0.29, 0.717) is 11.5 Å². The smallest absolute Gasteiger partial charge is 0.111 e. The van der Waals surface area contributed by atoms with Crippen LogP contribution in [0.15, 0.2) is 24.3 Å². The molecule has 1 saturated carbocycles. The Hall–Kier alpha value is -1.39. The first-order valence-electron chi connectivity index (χ1n) is 6.50. The Labute approximate surface area is 107 Å². The van der Waals surface area contributed by atoms with E-state index in [9.17, 15) is 0 Å². The largest absolute Gasteiger partial charge is 0.331 e. The maximum absolute atomic E-state index is 5.70. The lowest BCUT2D eigenvalue weighted by molar-refractivity contribution is 0.352. The second kappa shape index (κ2) is 4.07. The molecule has 0 amide bonds. The summed E-state index contributed by atoms with van der Waals surface area (Å²) >= 11 is 0. The number of aryl methyl sites for hydroxylation is 1. The molecule has 1 aromatic carbocycles. The number of para-hydroxylation sites is 2. The summed E-state index contributed by atoms with van der Waals surface area (Å²) in [4.78, 5) is 4.71. The quantitative estimate of drug-likeness (QED) is 0.636. The van der Waals surface area contributed by atoms with Crippen LogP contribution in [0.1, 0.15) is 25.6 Å². The van der Waals surface area contributed by atoms with Gasteiger partial charge in [-0.2, -0.15) is 0 Å². The van der Waals surface area contributed by atoms with E-state index in [2.05, 4.69) is 42.2 Å². The van der Waals surface area contributed by atoms with Crippen LogP contribution in [0.4, 0.5) is 0 Å². The molecule has 0 spiro atoms. The molecular weight excluding hydrogens is 224 g/mol. The van der Waals surface area contributed by atoms with Gasteiger partial charge in [0.25, 0.3) is 0 Å². The number of hydrazine groups is 1. The van der Waals surface area contributed by atoms with Gasteiger partial charge in [-0.25, -0.2) is 4.98 Å². The van der Waals surface area contributed by atoms with Crippen LogP contribution in [0.5, 0.6) is 0 Å². The van der Waals surface area contributed by atoms with Crippen LogP contribution in [0, 0.1) is 5.41 Å². The van der Waals surface area contributed by atoms with Crippen molar-refractivity contribution in [2.24, 2.45) is 18.3 Å². The van der Waals surface area contributed by atoms with Crippen LogP contribution in [-0.4, -0.2) is 15.6 Å². The lowest BCUT2D eigenvalue weighted by Crippen LogP contribution is -2.43. The molecule has 1 unspecified atom stereocenters. The molecule has 1 aromatic heterocycles. The van der Waals surface area contributed by atoms with Gasteiger partial charge < -0.3 is 4.57 Å². The number of nitrogens with two attached hydrogens (primary N) is 1. The van der Waals surface area contributed by atoms with Crippen molar-refractivity contribution in [1.29, 1.82) is 0 Å². The van der Waals surface area contributed by atoms with Gasteiger partial charge in [0.2, 0.25) is 0 Å². The molecular formula is C14H20N4. The number of hydrogen-bond donors (Lipinski definition) is 2. The van der Waals surface area contributed by atoms with Crippen molar-refractivity contribution in [2.45, 2.75) is 32.2 Å². The number of hydrogen-bond acceptors (Lipinski definition) is 3. The van der Waals surface area contributed by atoms with Gasteiger partial charge in [0.1, 0.15) is 5.82 Å². The van der Waals surface area contributed by atoms with E-state index in [4.69, 9.17) is 10.8 Å². The predicted molar refractivity (Wildman–Crippen MR) is 72.9 cm³/mol. The van der Waals surface area contributed by atoms with E-state index in [-0.39, 0.29) is 0 Å². The molecule has 1 heterocycles. The minimum atomic E-state index is 0.313. The maximum atomic E-state index is 5.70. The molecule has 2 aromatic rings. The minimum absolute atomic E-state index is 0.313. The molecule has 3 N–H and O–H groups in total. The third-order valence-corrected chi connectivity index (χ3v) is 4.35. The molecule has 0 radical (unpaired) electrons. The highest BCUT2D eigenvalue weighted by Crippen LogP contribution is 2.48. The van der Waals surface area contributed by atoms with Crippen molar-refractivity contribution in [3.63, 3.8) is 0 Å². The van der Waals surface area contributed by atoms with Crippen molar-refractivity contribution in [1.82, 2.24) is 15.0 Å². The summed E-state index contributed by atoms with van der Waals surface area (Å²) in [6.07, 6.45) is 3.40. The Morgan fingerprint density at radius 3 is 2.78 bits per heavy atom. The average Bonchev–Trinajstić information content (AvgIpc) is 3.05. The fourth-order valence-corrected chi connectivity index (χ4v) is 2.61. The van der Waals surface area contributed by atoms with Gasteiger partial charge >= 0.3 is 0 Å². The second-order valence-corrected chi connectivity index (χ2v) is 5.65. The first kappa shape index (κ1) is 11.7. The van der Waals surface area contributed by atoms with E-state index >= 15 is 0 Å². The lowest BCUT2D eigenvalue weighted by atomic mass is 9.96. The molecule has 4 nitrogen and oxygen atoms in total. The number of nitrogens with zero attached hydrogens (tertiary/aromatic N) is 2. The van der Waals surface area contributed by atoms with Crippen LogP contribution in [0.2, 0.25) is 0 Å². The van der Waals surface area contributed by atoms with Crippen LogP contribution in [0.3, 0.4) is 0 Å². The SMILES string of the molecule is Cn1c(CC(NN)C2(C)CC2)nc2ccccc21. The Morgan fingerprint density at radius 2 is 2.17 bits per heavy atom. The maximum Gasteiger partial charge on any atom is 0.111 e. The summed E-state index contributed by atoms with van der Waals surface area (Å²) in [5, 5.41) is 0. The van der Waals surface area contributed by atoms with E-state index < -0.39 is 0 Å². The zero-order chi connectivity index (χ0) is 12.8. The van der Waals surface area contributed by atoms with Crippen molar-refractivity contribution in [3.05, 3.63) is 30.1 Å². The second-order valence-electron chi connectivity index (χ2n) is 5.65. The van der Waals surface area contributed by atoms with Crippen LogP contribution in [0.25, 0.3) is 11.0 Å². The highest BCUT2D eigenvalue weighted by molar-refractivity contribution is 5.75. The number of imidazole rings is 1. The summed E-state index contributed by atoms with van der Waals surface area (Å²) in [5.41, 5.74) is 5.57. The van der Waals surface area contributed by atoms with Crippen LogP contribution < -0.4 is 11.3 Å². The van der Waals surface area contributed by atoms with E-state index in [1.54, 1.807) is 0 Å². The predicted octanol–water partition coefficient (Wildman–Crippen LogP) is 1.75. The molecule has 0 bridgehead atoms. The summed E-state index contributed by atoms with van der Waals surface area (Å²) in [5.74, 6) is 6.81. The molecule has 3 rings (SSSR count). The summed E-state index contributed by atoms with van der Waals surface area (Å²) in [7, 11) is 2.08. The normalized spacial score (nSPS) is 19.1. The van der Waals surface area contributed by atoms with Crippen molar-refractivity contribution >= 4 is 11.0 Å². The third kappa shape index (κ3) is 1.82. The zero-order valence-electron chi connectivity index (χ0n) is 11.0. The Kier molecular flexibility index (Phi) is 2.64. The number of aromatic nitrogens is 2. The Balaban J connectivity index is 1.92. The van der Waals surface area contributed by atoms with Crippen molar-refractivity contribution in [2.75, 3.05) is 0 Å². The van der Waals surface area contributed by atoms with Gasteiger partial charge in [0.15, 0.2) is 0 Å². The molecule has 96 valence electrons. The molecule has 0 saturated heterocycles. The van der Waals surface area contributed by atoms with Gasteiger partial charge in [0, 0.05) is 19.5 Å². The highest BCUT2D eigenvalue weighted by Gasteiger charge is 2.44. The standard InChI is InChI=1S/C14H20N4/c1-14(7-8-14)12(17-15)9-13-16-10-5-3-4-6-11(10)18(13)2/h3-6,12,17H,7-9,15H2,1-2H3. The van der Waals surface area contributed by atoms with Gasteiger partial charge in [-0.15, -0.1) is 0 Å². The van der Waals surface area contributed by atoms with Gasteiger partial charge in [-0.05, 0) is 30.4 Å². The number of benzene rings is 1. The monoisotopic (exact) mass is 244 g/mol. The lowest BCUT2D eigenvalue weighted by Gasteiger charge is -2.22. The molecule has 1 fully saturated rings. The molecule has 1 aliphatic carbocycles. The highest BCUT2D eigenvalue weighted by atomic mass is 15.2. The molecule has 1 atom stereocenters. The number of fused-ring (bicyclic) bond motifs is 1. The average molecular weight is 244 g/mol. The topological polar surface area (TPSA) is 55.9 Å². The van der Waals surface area contributed by atoms with Gasteiger partial charge in [-0.3, -0.25) is 11.3 Å². The fraction of sp³-hybridized carbons (Fsp3) is 0.500. The van der Waals surface area contributed by atoms with Gasteiger partial charge in [0.05, 0.1) is 11.0 Å². The van der Waals surface area contributed by atoms with E-state index in [1.807, 2.05) is 6.07 Å². The first-order valence-corrected chi connectivity index (χ1v) is 6.50. The summed E-state index contributed by atoms with van der Waals surface area (Å²) in [6.45, 7) is 2.29. The van der Waals surface area contributed by atoms with Crippen LogP contribution in [-0.2, 0) is 13.5 Å². The van der Waals surface area contributed by atoms with E-state index in [0.717, 1.165) is 17.8 Å². The van der Waals surface area contributed by atoms with E-state index in [1.165, 1.54) is 18.4 Å². The third-order valence-electron chi connectivity index (χ3n) is 4.35. The minimum Gasteiger partial charge on any atom is -0.331 e. The molecule has 18 heavy (non-hydrogen) atoms. The molecule has 1 aliphatic rings.